The van der Waals surface area contributed by atoms with Crippen LogP contribution in [0.4, 0.5) is 0 Å². The van der Waals surface area contributed by atoms with E-state index in [1.807, 2.05) is 25.6 Å². The molecule has 0 saturated carbocycles. The number of Topliss-reactive ketones (excluding diaryl/α,β-unsaturated/α-hetero) is 1. The molecule has 0 N–H and O–H groups in total. The summed E-state index contributed by atoms with van der Waals surface area (Å²) in [5.74, 6) is 1.52. The van der Waals surface area contributed by atoms with Crippen molar-refractivity contribution in [3.05, 3.63) is 0 Å². The fourth-order valence-electron chi connectivity index (χ4n) is 1.88. The van der Waals surface area contributed by atoms with E-state index in [0.717, 1.165) is 18.8 Å². The SMILES string of the molecule is CCC(=O)C(C)N1CCSC(C)(C)C1. The summed E-state index contributed by atoms with van der Waals surface area (Å²) in [5, 5.41) is 0. The molecule has 3 heteroatoms. The van der Waals surface area contributed by atoms with E-state index >= 15 is 0 Å². The smallest absolute Gasteiger partial charge is 0.149 e. The van der Waals surface area contributed by atoms with Gasteiger partial charge in [-0.25, -0.2) is 0 Å². The zero-order chi connectivity index (χ0) is 10.8. The maximum Gasteiger partial charge on any atom is 0.149 e. The molecule has 0 aromatic carbocycles. The van der Waals surface area contributed by atoms with Crippen LogP contribution in [0.15, 0.2) is 0 Å². The average molecular weight is 215 g/mol. The van der Waals surface area contributed by atoms with Gasteiger partial charge >= 0.3 is 0 Å². The lowest BCUT2D eigenvalue weighted by atomic mass is 10.1. The van der Waals surface area contributed by atoms with Gasteiger partial charge in [0, 0.05) is 30.0 Å². The lowest BCUT2D eigenvalue weighted by molar-refractivity contribution is -0.123. The highest BCUT2D eigenvalue weighted by Gasteiger charge is 2.31. The van der Waals surface area contributed by atoms with Crippen molar-refractivity contribution in [3.8, 4) is 0 Å². The molecule has 0 aromatic rings. The number of carbonyl (C=O) groups excluding carboxylic acids is 1. The first-order valence-electron chi connectivity index (χ1n) is 5.37. The number of ketones is 1. The van der Waals surface area contributed by atoms with E-state index in [4.69, 9.17) is 0 Å². The molecule has 1 saturated heterocycles. The highest BCUT2D eigenvalue weighted by molar-refractivity contribution is 8.00. The standard InChI is InChI=1S/C11H21NOS/c1-5-10(13)9(2)12-6-7-14-11(3,4)8-12/h9H,5-8H2,1-4H3. The summed E-state index contributed by atoms with van der Waals surface area (Å²) < 4.78 is 0.306. The molecular weight excluding hydrogens is 194 g/mol. The molecule has 1 fully saturated rings. The molecule has 0 spiro atoms. The number of rotatable bonds is 3. The van der Waals surface area contributed by atoms with Crippen molar-refractivity contribution in [2.45, 2.75) is 44.9 Å². The van der Waals surface area contributed by atoms with Crippen molar-refractivity contribution >= 4 is 17.5 Å². The molecule has 0 radical (unpaired) electrons. The quantitative estimate of drug-likeness (QED) is 0.720. The first-order valence-corrected chi connectivity index (χ1v) is 6.35. The van der Waals surface area contributed by atoms with Gasteiger partial charge in [0.2, 0.25) is 0 Å². The molecule has 0 bridgehead atoms. The van der Waals surface area contributed by atoms with Gasteiger partial charge in [-0.05, 0) is 20.8 Å². The Morgan fingerprint density at radius 3 is 2.71 bits per heavy atom. The Hall–Kier alpha value is -0.0200. The second-order valence-corrected chi connectivity index (χ2v) is 6.38. The Kier molecular flexibility index (Phi) is 4.02. The van der Waals surface area contributed by atoms with Crippen LogP contribution < -0.4 is 0 Å². The summed E-state index contributed by atoms with van der Waals surface area (Å²) in [6.07, 6.45) is 0.658. The van der Waals surface area contributed by atoms with Crippen molar-refractivity contribution in [2.75, 3.05) is 18.8 Å². The number of carbonyl (C=O) groups is 1. The minimum Gasteiger partial charge on any atom is -0.298 e. The van der Waals surface area contributed by atoms with Gasteiger partial charge in [-0.2, -0.15) is 11.8 Å². The van der Waals surface area contributed by atoms with Crippen molar-refractivity contribution < 1.29 is 4.79 Å². The topological polar surface area (TPSA) is 20.3 Å². The second kappa shape index (κ2) is 4.67. The zero-order valence-electron chi connectivity index (χ0n) is 9.67. The zero-order valence-corrected chi connectivity index (χ0v) is 10.5. The van der Waals surface area contributed by atoms with Crippen LogP contribution in [0.2, 0.25) is 0 Å². The molecule has 1 aliphatic rings. The lowest BCUT2D eigenvalue weighted by Gasteiger charge is -2.40. The molecule has 1 aliphatic heterocycles. The lowest BCUT2D eigenvalue weighted by Crippen LogP contribution is -2.49. The van der Waals surface area contributed by atoms with Crippen molar-refractivity contribution in [2.24, 2.45) is 0 Å². The Bertz CT molecular complexity index is 215. The molecule has 0 aromatic heterocycles. The Morgan fingerprint density at radius 2 is 2.21 bits per heavy atom. The summed E-state index contributed by atoms with van der Waals surface area (Å²) >= 11 is 2.01. The molecule has 1 unspecified atom stereocenters. The molecule has 0 aliphatic carbocycles. The molecule has 0 amide bonds. The van der Waals surface area contributed by atoms with Gasteiger partial charge in [0.1, 0.15) is 5.78 Å². The normalized spacial score (nSPS) is 24.6. The summed E-state index contributed by atoms with van der Waals surface area (Å²) in [7, 11) is 0. The van der Waals surface area contributed by atoms with Gasteiger partial charge in [0.15, 0.2) is 0 Å². The summed E-state index contributed by atoms with van der Waals surface area (Å²) in [6, 6.07) is 0.111. The first kappa shape index (κ1) is 12.1. The molecule has 14 heavy (non-hydrogen) atoms. The number of hydrogen-bond acceptors (Lipinski definition) is 3. The van der Waals surface area contributed by atoms with E-state index in [-0.39, 0.29) is 6.04 Å². The van der Waals surface area contributed by atoms with Crippen LogP contribution in [-0.2, 0) is 4.79 Å². The molecular formula is C11H21NOS. The van der Waals surface area contributed by atoms with Gasteiger partial charge in [0.25, 0.3) is 0 Å². The van der Waals surface area contributed by atoms with E-state index in [1.54, 1.807) is 0 Å². The van der Waals surface area contributed by atoms with Gasteiger partial charge in [-0.3, -0.25) is 9.69 Å². The summed E-state index contributed by atoms with van der Waals surface area (Å²) in [4.78, 5) is 13.9. The van der Waals surface area contributed by atoms with Crippen LogP contribution in [0, 0.1) is 0 Å². The third-order valence-electron chi connectivity index (χ3n) is 2.82. The van der Waals surface area contributed by atoms with Crippen molar-refractivity contribution in [1.29, 1.82) is 0 Å². The second-order valence-electron chi connectivity index (χ2n) is 4.57. The van der Waals surface area contributed by atoms with E-state index in [1.165, 1.54) is 0 Å². The largest absolute Gasteiger partial charge is 0.298 e. The minimum absolute atomic E-state index is 0.111. The Labute approximate surface area is 91.4 Å². The Balaban J connectivity index is 2.56. The van der Waals surface area contributed by atoms with Crippen LogP contribution in [-0.4, -0.2) is 40.3 Å². The van der Waals surface area contributed by atoms with E-state index < -0.39 is 0 Å². The summed E-state index contributed by atoms with van der Waals surface area (Å²) in [5.41, 5.74) is 0. The Morgan fingerprint density at radius 1 is 1.57 bits per heavy atom. The van der Waals surface area contributed by atoms with Crippen LogP contribution >= 0.6 is 11.8 Å². The van der Waals surface area contributed by atoms with E-state index in [0.29, 0.717) is 17.0 Å². The summed E-state index contributed by atoms with van der Waals surface area (Å²) in [6.45, 7) is 10.6. The highest BCUT2D eigenvalue weighted by atomic mass is 32.2. The molecule has 1 heterocycles. The highest BCUT2D eigenvalue weighted by Crippen LogP contribution is 2.30. The maximum absolute atomic E-state index is 11.6. The van der Waals surface area contributed by atoms with Gasteiger partial charge in [-0.1, -0.05) is 6.92 Å². The number of hydrogen-bond donors (Lipinski definition) is 0. The van der Waals surface area contributed by atoms with Crippen LogP contribution in [0.1, 0.15) is 34.1 Å². The predicted octanol–water partition coefficient (Wildman–Crippen LogP) is 2.18. The van der Waals surface area contributed by atoms with Crippen molar-refractivity contribution in [3.63, 3.8) is 0 Å². The van der Waals surface area contributed by atoms with Gasteiger partial charge in [-0.15, -0.1) is 0 Å². The van der Waals surface area contributed by atoms with Gasteiger partial charge in [0.05, 0.1) is 6.04 Å². The third kappa shape index (κ3) is 2.99. The van der Waals surface area contributed by atoms with Crippen LogP contribution in [0.25, 0.3) is 0 Å². The van der Waals surface area contributed by atoms with E-state index in [9.17, 15) is 4.79 Å². The monoisotopic (exact) mass is 215 g/mol. The number of nitrogens with zero attached hydrogens (tertiary/aromatic N) is 1. The van der Waals surface area contributed by atoms with E-state index in [2.05, 4.69) is 18.7 Å². The molecule has 1 rings (SSSR count). The minimum atomic E-state index is 0.111. The van der Waals surface area contributed by atoms with Crippen LogP contribution in [0.5, 0.6) is 0 Å². The van der Waals surface area contributed by atoms with Crippen LogP contribution in [0.3, 0.4) is 0 Å². The molecule has 82 valence electrons. The fraction of sp³-hybridized carbons (Fsp3) is 0.909. The van der Waals surface area contributed by atoms with Gasteiger partial charge < -0.3 is 0 Å². The average Bonchev–Trinajstić information content (AvgIpc) is 2.14. The number of thioether (sulfide) groups is 1. The van der Waals surface area contributed by atoms with Crippen molar-refractivity contribution in [1.82, 2.24) is 4.90 Å². The predicted molar refractivity (Wildman–Crippen MR) is 62.9 cm³/mol. The fourth-order valence-corrected chi connectivity index (χ4v) is 3.02. The first-order chi connectivity index (χ1) is 6.46. The maximum atomic E-state index is 11.6. The molecule has 2 nitrogen and oxygen atoms in total. The molecule has 1 atom stereocenters. The third-order valence-corrected chi connectivity index (χ3v) is 4.11.